The predicted molar refractivity (Wildman–Crippen MR) is 93.6 cm³/mol. The minimum atomic E-state index is -0.373. The second-order valence-electron chi connectivity index (χ2n) is 5.41. The summed E-state index contributed by atoms with van der Waals surface area (Å²) < 4.78 is 6.73. The highest BCUT2D eigenvalue weighted by Gasteiger charge is 2.09. The van der Waals surface area contributed by atoms with Crippen molar-refractivity contribution < 1.29 is 9.53 Å². The number of esters is 1. The summed E-state index contributed by atoms with van der Waals surface area (Å²) in [4.78, 5) is 11.9. The van der Waals surface area contributed by atoms with Crippen LogP contribution in [0, 0.1) is 11.3 Å². The van der Waals surface area contributed by atoms with Crippen LogP contribution >= 0.6 is 11.6 Å². The van der Waals surface area contributed by atoms with Gasteiger partial charge in [-0.3, -0.25) is 9.48 Å². The Morgan fingerprint density at radius 2 is 2.00 bits per heavy atom. The molecule has 0 radical (unpaired) electrons. The average Bonchev–Trinajstić information content (AvgIpc) is 3.09. The van der Waals surface area contributed by atoms with Gasteiger partial charge in [-0.05, 0) is 29.3 Å². The van der Waals surface area contributed by atoms with Gasteiger partial charge in [-0.2, -0.15) is 10.4 Å². The van der Waals surface area contributed by atoms with Crippen molar-refractivity contribution in [1.82, 2.24) is 9.78 Å². The minimum absolute atomic E-state index is 0.0124. The number of carbonyl (C=O) groups is 1. The molecule has 5 nitrogen and oxygen atoms in total. The van der Waals surface area contributed by atoms with E-state index in [0.29, 0.717) is 10.6 Å². The molecule has 0 N–H and O–H groups in total. The highest BCUT2D eigenvalue weighted by molar-refractivity contribution is 6.31. The molecule has 3 aromatic rings. The lowest BCUT2D eigenvalue weighted by Crippen LogP contribution is -2.13. The van der Waals surface area contributed by atoms with Gasteiger partial charge in [0, 0.05) is 16.8 Å². The van der Waals surface area contributed by atoms with Crippen LogP contribution < -0.4 is 0 Å². The second-order valence-corrected chi connectivity index (χ2v) is 5.85. The number of aromatic nitrogens is 2. The number of benzene rings is 2. The fraction of sp³-hybridized carbons (Fsp3) is 0.105. The molecule has 0 fully saturated rings. The Kier molecular flexibility index (Phi) is 5.12. The monoisotopic (exact) mass is 351 g/mol. The second kappa shape index (κ2) is 7.65. The van der Waals surface area contributed by atoms with Gasteiger partial charge < -0.3 is 4.74 Å². The zero-order valence-electron chi connectivity index (χ0n) is 13.2. The van der Waals surface area contributed by atoms with Crippen LogP contribution in [-0.2, 0) is 22.7 Å². The van der Waals surface area contributed by atoms with E-state index >= 15 is 0 Å². The molecule has 0 saturated carbocycles. The Balaban J connectivity index is 1.64. The zero-order valence-corrected chi connectivity index (χ0v) is 14.0. The van der Waals surface area contributed by atoms with Gasteiger partial charge in [0.1, 0.15) is 13.2 Å². The molecule has 25 heavy (non-hydrogen) atoms. The molecule has 0 aliphatic carbocycles. The number of hydrogen-bond acceptors (Lipinski definition) is 4. The van der Waals surface area contributed by atoms with Crippen molar-refractivity contribution in [3.05, 3.63) is 77.1 Å². The third-order valence-electron chi connectivity index (χ3n) is 3.53. The van der Waals surface area contributed by atoms with Crippen LogP contribution in [0.4, 0.5) is 0 Å². The first-order valence-corrected chi connectivity index (χ1v) is 7.95. The van der Waals surface area contributed by atoms with E-state index in [9.17, 15) is 4.79 Å². The predicted octanol–water partition coefficient (Wildman–Crippen LogP) is 3.82. The molecule has 0 unspecified atom stereocenters. The number of rotatable bonds is 5. The highest BCUT2D eigenvalue weighted by atomic mass is 35.5. The number of nitriles is 1. The van der Waals surface area contributed by atoms with Crippen LogP contribution in [0.15, 0.2) is 60.9 Å². The van der Waals surface area contributed by atoms with Crippen LogP contribution in [0.5, 0.6) is 0 Å². The SMILES string of the molecule is N#Cc1cc(Cl)cc(-c2cnn(CC(=O)OCc3ccccc3)c2)c1. The van der Waals surface area contributed by atoms with Crippen LogP contribution in [0.1, 0.15) is 11.1 Å². The number of ether oxygens (including phenoxy) is 1. The first kappa shape index (κ1) is 16.7. The summed E-state index contributed by atoms with van der Waals surface area (Å²) in [6, 6.07) is 16.6. The Bertz CT molecular complexity index is 929. The van der Waals surface area contributed by atoms with Crippen LogP contribution in [0.25, 0.3) is 11.1 Å². The van der Waals surface area contributed by atoms with Crippen molar-refractivity contribution in [3.63, 3.8) is 0 Å². The number of halogens is 1. The summed E-state index contributed by atoms with van der Waals surface area (Å²) in [5, 5.41) is 13.7. The van der Waals surface area contributed by atoms with E-state index in [4.69, 9.17) is 21.6 Å². The normalized spacial score (nSPS) is 10.2. The molecule has 0 spiro atoms. The first-order chi connectivity index (χ1) is 12.1. The number of carbonyl (C=O) groups excluding carboxylic acids is 1. The van der Waals surface area contributed by atoms with E-state index in [1.807, 2.05) is 30.3 Å². The topological polar surface area (TPSA) is 67.9 Å². The van der Waals surface area contributed by atoms with Crippen molar-refractivity contribution in [1.29, 1.82) is 5.26 Å². The molecule has 0 bridgehead atoms. The quantitative estimate of drug-likeness (QED) is 0.655. The van der Waals surface area contributed by atoms with Gasteiger partial charge in [0.05, 0.1) is 17.8 Å². The van der Waals surface area contributed by atoms with Gasteiger partial charge >= 0.3 is 5.97 Å². The van der Waals surface area contributed by atoms with E-state index in [1.165, 1.54) is 4.68 Å². The molecule has 6 heteroatoms. The standard InChI is InChI=1S/C19H14ClN3O2/c20-18-7-15(9-21)6-16(8-18)17-10-22-23(11-17)12-19(24)25-13-14-4-2-1-3-5-14/h1-8,10-11H,12-13H2. The van der Waals surface area contributed by atoms with Crippen molar-refractivity contribution in [2.45, 2.75) is 13.2 Å². The summed E-state index contributed by atoms with van der Waals surface area (Å²) in [6.07, 6.45) is 3.34. The van der Waals surface area contributed by atoms with Crippen molar-refractivity contribution in [3.8, 4) is 17.2 Å². The Morgan fingerprint density at radius 3 is 2.76 bits per heavy atom. The Hall–Kier alpha value is -3.10. The smallest absolute Gasteiger partial charge is 0.328 e. The number of hydrogen-bond donors (Lipinski definition) is 0. The molecule has 3 rings (SSSR count). The van der Waals surface area contributed by atoms with E-state index in [1.54, 1.807) is 30.6 Å². The molecular weight excluding hydrogens is 338 g/mol. The van der Waals surface area contributed by atoms with Crippen LogP contribution in [0.2, 0.25) is 5.02 Å². The fourth-order valence-electron chi connectivity index (χ4n) is 2.34. The molecule has 1 heterocycles. The molecule has 0 aliphatic heterocycles. The van der Waals surface area contributed by atoms with Crippen LogP contribution in [-0.4, -0.2) is 15.7 Å². The summed E-state index contributed by atoms with van der Waals surface area (Å²) >= 11 is 6.02. The molecule has 0 atom stereocenters. The first-order valence-electron chi connectivity index (χ1n) is 7.57. The largest absolute Gasteiger partial charge is 0.459 e. The fourth-order valence-corrected chi connectivity index (χ4v) is 2.57. The summed E-state index contributed by atoms with van der Waals surface area (Å²) in [5.74, 6) is -0.373. The molecule has 2 aromatic carbocycles. The maximum atomic E-state index is 11.9. The lowest BCUT2D eigenvalue weighted by Gasteiger charge is -2.05. The molecule has 0 amide bonds. The van der Waals surface area contributed by atoms with E-state index in [0.717, 1.165) is 16.7 Å². The van der Waals surface area contributed by atoms with Crippen LogP contribution in [0.3, 0.4) is 0 Å². The summed E-state index contributed by atoms with van der Waals surface area (Å²) in [5.41, 5.74) is 2.94. The zero-order chi connectivity index (χ0) is 17.6. The van der Waals surface area contributed by atoms with E-state index in [2.05, 4.69) is 11.2 Å². The molecular formula is C19H14ClN3O2. The maximum absolute atomic E-state index is 11.9. The van der Waals surface area contributed by atoms with E-state index < -0.39 is 0 Å². The van der Waals surface area contributed by atoms with Gasteiger partial charge in [0.2, 0.25) is 0 Å². The van der Waals surface area contributed by atoms with Gasteiger partial charge in [-0.15, -0.1) is 0 Å². The molecule has 124 valence electrons. The lowest BCUT2D eigenvalue weighted by molar-refractivity contribution is -0.145. The Labute approximate surface area is 150 Å². The molecule has 1 aromatic heterocycles. The average molecular weight is 352 g/mol. The molecule has 0 saturated heterocycles. The van der Waals surface area contributed by atoms with Gasteiger partial charge in [-0.25, -0.2) is 0 Å². The van der Waals surface area contributed by atoms with E-state index in [-0.39, 0.29) is 19.1 Å². The lowest BCUT2D eigenvalue weighted by atomic mass is 10.1. The van der Waals surface area contributed by atoms with Crippen molar-refractivity contribution in [2.75, 3.05) is 0 Å². The van der Waals surface area contributed by atoms with Gasteiger partial charge in [0.15, 0.2) is 0 Å². The molecule has 0 aliphatic rings. The Morgan fingerprint density at radius 1 is 1.20 bits per heavy atom. The minimum Gasteiger partial charge on any atom is -0.459 e. The number of nitrogens with zero attached hydrogens (tertiary/aromatic N) is 3. The van der Waals surface area contributed by atoms with Gasteiger partial charge in [-0.1, -0.05) is 41.9 Å². The highest BCUT2D eigenvalue weighted by Crippen LogP contribution is 2.24. The van der Waals surface area contributed by atoms with Crippen molar-refractivity contribution in [2.24, 2.45) is 0 Å². The third kappa shape index (κ3) is 4.46. The maximum Gasteiger partial charge on any atom is 0.328 e. The van der Waals surface area contributed by atoms with Gasteiger partial charge in [0.25, 0.3) is 0 Å². The summed E-state index contributed by atoms with van der Waals surface area (Å²) in [6.45, 7) is 0.242. The van der Waals surface area contributed by atoms with Crippen molar-refractivity contribution >= 4 is 17.6 Å². The summed E-state index contributed by atoms with van der Waals surface area (Å²) in [7, 11) is 0. The third-order valence-corrected chi connectivity index (χ3v) is 3.75.